The highest BCUT2D eigenvalue weighted by Crippen LogP contribution is 2.20. The smallest absolute Gasteiger partial charge is 0.242 e. The Morgan fingerprint density at radius 1 is 1.38 bits per heavy atom. The van der Waals surface area contributed by atoms with E-state index in [1.54, 1.807) is 12.1 Å². The molecule has 0 aliphatic heterocycles. The number of nitrogens with one attached hydrogen (secondary N) is 2. The lowest BCUT2D eigenvalue weighted by Crippen LogP contribution is -2.28. The van der Waals surface area contributed by atoms with Gasteiger partial charge in [-0.2, -0.15) is 0 Å². The maximum absolute atomic E-state index is 12.1. The van der Waals surface area contributed by atoms with Crippen LogP contribution in [0.3, 0.4) is 0 Å². The fourth-order valence-electron chi connectivity index (χ4n) is 1.97. The molecule has 21 heavy (non-hydrogen) atoms. The lowest BCUT2D eigenvalue weighted by molar-refractivity contribution is -0.121. The fourth-order valence-corrected chi connectivity index (χ4v) is 3.16. The molecular formula is C14H21N3O3S. The predicted octanol–water partition coefficient (Wildman–Crippen LogP) is 0.914. The molecule has 0 radical (unpaired) electrons. The van der Waals surface area contributed by atoms with Crippen LogP contribution >= 0.6 is 0 Å². The number of nitrogens with two attached hydrogens (primary N) is 1. The van der Waals surface area contributed by atoms with Gasteiger partial charge in [0.05, 0.1) is 5.69 Å². The lowest BCUT2D eigenvalue weighted by atomic mass is 10.2. The third-order valence-electron chi connectivity index (χ3n) is 3.27. The van der Waals surface area contributed by atoms with E-state index in [0.717, 1.165) is 18.4 Å². The minimum atomic E-state index is -3.62. The summed E-state index contributed by atoms with van der Waals surface area (Å²) in [4.78, 5) is 11.6. The number of anilines is 1. The van der Waals surface area contributed by atoms with Crippen molar-refractivity contribution in [3.8, 4) is 0 Å². The fraction of sp³-hybridized carbons (Fsp3) is 0.500. The van der Waals surface area contributed by atoms with Crippen LogP contribution in [0.4, 0.5) is 5.69 Å². The van der Waals surface area contributed by atoms with Crippen LogP contribution in [0.15, 0.2) is 23.1 Å². The van der Waals surface area contributed by atoms with Gasteiger partial charge in [-0.25, -0.2) is 13.1 Å². The first-order valence-corrected chi connectivity index (χ1v) is 8.52. The van der Waals surface area contributed by atoms with Crippen molar-refractivity contribution in [3.05, 3.63) is 23.8 Å². The number of hydrogen-bond donors (Lipinski definition) is 3. The third kappa shape index (κ3) is 4.71. The van der Waals surface area contributed by atoms with Crippen LogP contribution in [0.2, 0.25) is 0 Å². The van der Waals surface area contributed by atoms with E-state index < -0.39 is 10.0 Å². The van der Waals surface area contributed by atoms with Gasteiger partial charge >= 0.3 is 0 Å². The summed E-state index contributed by atoms with van der Waals surface area (Å²) in [6.45, 7) is 2.06. The van der Waals surface area contributed by atoms with Gasteiger partial charge in [-0.3, -0.25) is 4.79 Å². The summed E-state index contributed by atoms with van der Waals surface area (Å²) in [5, 5.41) is 2.86. The van der Waals surface area contributed by atoms with Crippen LogP contribution in [0, 0.1) is 6.92 Å². The highest BCUT2D eigenvalue weighted by atomic mass is 32.2. The molecule has 0 heterocycles. The molecule has 0 spiro atoms. The van der Waals surface area contributed by atoms with Gasteiger partial charge in [-0.05, 0) is 43.9 Å². The average molecular weight is 311 g/mol. The zero-order valence-electron chi connectivity index (χ0n) is 12.1. The largest absolute Gasteiger partial charge is 0.398 e. The van der Waals surface area contributed by atoms with Gasteiger partial charge in [0.1, 0.15) is 4.90 Å². The Labute approximate surface area is 125 Å². The van der Waals surface area contributed by atoms with Crippen molar-refractivity contribution in [2.45, 2.75) is 43.5 Å². The van der Waals surface area contributed by atoms with Gasteiger partial charge in [-0.1, -0.05) is 6.07 Å². The predicted molar refractivity (Wildman–Crippen MR) is 81.2 cm³/mol. The molecule has 1 aromatic carbocycles. The number of amides is 1. The molecule has 1 aromatic rings. The molecule has 1 fully saturated rings. The van der Waals surface area contributed by atoms with Crippen molar-refractivity contribution < 1.29 is 13.2 Å². The quantitative estimate of drug-likeness (QED) is 0.514. The van der Waals surface area contributed by atoms with Crippen LogP contribution < -0.4 is 15.8 Å². The number of hydrogen-bond acceptors (Lipinski definition) is 4. The zero-order chi connectivity index (χ0) is 15.5. The number of aryl methyl sites for hydroxylation is 1. The summed E-state index contributed by atoms with van der Waals surface area (Å²) >= 11 is 0. The molecule has 2 rings (SSSR count). The average Bonchev–Trinajstić information content (AvgIpc) is 3.18. The van der Waals surface area contributed by atoms with Crippen molar-refractivity contribution in [3.63, 3.8) is 0 Å². The van der Waals surface area contributed by atoms with E-state index in [-0.39, 0.29) is 23.0 Å². The maximum atomic E-state index is 12.1. The standard InChI is InChI=1S/C14H21N3O3S/c1-10-4-7-13(12(15)9-10)21(19,20)16-8-2-3-14(18)17-11-5-6-11/h4,7,9,11,16H,2-3,5-6,8,15H2,1H3,(H,17,18). The Bertz CT molecular complexity index is 624. The molecule has 7 heteroatoms. The normalized spacial score (nSPS) is 14.9. The van der Waals surface area contributed by atoms with E-state index >= 15 is 0 Å². The Morgan fingerprint density at radius 2 is 2.10 bits per heavy atom. The molecule has 4 N–H and O–H groups in total. The van der Waals surface area contributed by atoms with Crippen LogP contribution in [0.25, 0.3) is 0 Å². The van der Waals surface area contributed by atoms with Crippen LogP contribution in [0.5, 0.6) is 0 Å². The van der Waals surface area contributed by atoms with Crippen molar-refractivity contribution in [2.24, 2.45) is 0 Å². The van der Waals surface area contributed by atoms with E-state index in [1.165, 1.54) is 6.07 Å². The molecule has 1 amide bonds. The van der Waals surface area contributed by atoms with Gasteiger partial charge < -0.3 is 11.1 Å². The highest BCUT2D eigenvalue weighted by Gasteiger charge is 2.23. The molecule has 0 bridgehead atoms. The van der Waals surface area contributed by atoms with Crippen LogP contribution in [0.1, 0.15) is 31.2 Å². The van der Waals surface area contributed by atoms with E-state index in [2.05, 4.69) is 10.0 Å². The van der Waals surface area contributed by atoms with Crippen molar-refractivity contribution >= 4 is 21.6 Å². The Hall–Kier alpha value is -1.60. The van der Waals surface area contributed by atoms with Crippen molar-refractivity contribution in [2.75, 3.05) is 12.3 Å². The number of carbonyl (C=O) groups is 1. The van der Waals surface area contributed by atoms with Gasteiger partial charge in [0.15, 0.2) is 0 Å². The molecule has 6 nitrogen and oxygen atoms in total. The molecule has 0 saturated heterocycles. The first-order valence-electron chi connectivity index (χ1n) is 7.03. The van der Waals surface area contributed by atoms with E-state index in [1.807, 2.05) is 6.92 Å². The summed E-state index contributed by atoms with van der Waals surface area (Å²) < 4.78 is 26.7. The summed E-state index contributed by atoms with van der Waals surface area (Å²) in [6.07, 6.45) is 2.88. The third-order valence-corrected chi connectivity index (χ3v) is 4.80. The second-order valence-electron chi connectivity index (χ2n) is 5.38. The van der Waals surface area contributed by atoms with Crippen LogP contribution in [-0.2, 0) is 14.8 Å². The summed E-state index contributed by atoms with van der Waals surface area (Å²) in [5.74, 6) is -0.0217. The summed E-state index contributed by atoms with van der Waals surface area (Å²) in [7, 11) is -3.62. The second kappa shape index (κ2) is 6.44. The Morgan fingerprint density at radius 3 is 2.71 bits per heavy atom. The molecule has 1 saturated carbocycles. The first kappa shape index (κ1) is 15.8. The van der Waals surface area contributed by atoms with Gasteiger partial charge in [0.2, 0.25) is 15.9 Å². The first-order chi connectivity index (χ1) is 9.88. The zero-order valence-corrected chi connectivity index (χ0v) is 12.9. The molecule has 0 atom stereocenters. The molecular weight excluding hydrogens is 290 g/mol. The number of rotatable bonds is 7. The summed E-state index contributed by atoms with van der Waals surface area (Å²) in [6, 6.07) is 5.15. The monoisotopic (exact) mass is 311 g/mol. The van der Waals surface area contributed by atoms with E-state index in [4.69, 9.17) is 5.73 Å². The molecule has 1 aliphatic rings. The molecule has 1 aliphatic carbocycles. The Kier molecular flexibility index (Phi) is 4.84. The maximum Gasteiger partial charge on any atom is 0.242 e. The van der Waals surface area contributed by atoms with Crippen LogP contribution in [-0.4, -0.2) is 26.9 Å². The van der Waals surface area contributed by atoms with E-state index in [0.29, 0.717) is 18.9 Å². The molecule has 0 aromatic heterocycles. The minimum absolute atomic E-state index is 0.0217. The number of benzene rings is 1. The SMILES string of the molecule is Cc1ccc(S(=O)(=O)NCCCC(=O)NC2CC2)c(N)c1. The number of sulfonamides is 1. The summed E-state index contributed by atoms with van der Waals surface area (Å²) in [5.41, 5.74) is 6.87. The minimum Gasteiger partial charge on any atom is -0.398 e. The van der Waals surface area contributed by atoms with Crippen molar-refractivity contribution in [1.82, 2.24) is 10.0 Å². The van der Waals surface area contributed by atoms with Gasteiger partial charge in [0, 0.05) is 19.0 Å². The Balaban J connectivity index is 1.81. The van der Waals surface area contributed by atoms with E-state index in [9.17, 15) is 13.2 Å². The number of nitrogen functional groups attached to an aromatic ring is 1. The molecule has 116 valence electrons. The van der Waals surface area contributed by atoms with Crippen molar-refractivity contribution in [1.29, 1.82) is 0 Å². The van der Waals surface area contributed by atoms with Gasteiger partial charge in [-0.15, -0.1) is 0 Å². The highest BCUT2D eigenvalue weighted by molar-refractivity contribution is 7.89. The number of carbonyl (C=O) groups excluding carboxylic acids is 1. The molecule has 0 unspecified atom stereocenters. The van der Waals surface area contributed by atoms with Gasteiger partial charge in [0.25, 0.3) is 0 Å². The topological polar surface area (TPSA) is 101 Å². The second-order valence-corrected chi connectivity index (χ2v) is 7.12. The lowest BCUT2D eigenvalue weighted by Gasteiger charge is -2.09.